The van der Waals surface area contributed by atoms with Crippen LogP contribution in [0.4, 0.5) is 5.82 Å². The van der Waals surface area contributed by atoms with Crippen molar-refractivity contribution in [2.45, 2.75) is 32.7 Å². The Bertz CT molecular complexity index is 616. The zero-order chi connectivity index (χ0) is 12.7. The van der Waals surface area contributed by atoms with Crippen molar-refractivity contribution in [2.75, 3.05) is 5.32 Å². The number of rotatable bonds is 2. The number of fused-ring (bicyclic) bond motifs is 1. The number of hydrogen-bond donors (Lipinski definition) is 2. The van der Waals surface area contributed by atoms with Gasteiger partial charge in [0.2, 0.25) is 0 Å². The number of nitrogens with zero attached hydrogens (tertiary/aromatic N) is 3. The van der Waals surface area contributed by atoms with E-state index in [-0.39, 0.29) is 5.69 Å². The fraction of sp³-hybridized carbons (Fsp3) is 0.583. The molecule has 3 unspecified atom stereocenters. The minimum atomic E-state index is -0.304. The molecule has 0 saturated heterocycles. The van der Waals surface area contributed by atoms with E-state index in [1.165, 1.54) is 10.9 Å². The van der Waals surface area contributed by atoms with E-state index in [4.69, 9.17) is 0 Å². The molecule has 0 amide bonds. The average molecular weight is 247 g/mol. The molecule has 2 heterocycles. The summed E-state index contributed by atoms with van der Waals surface area (Å²) in [7, 11) is 0. The van der Waals surface area contributed by atoms with Crippen molar-refractivity contribution in [1.82, 2.24) is 19.8 Å². The molecule has 0 bridgehead atoms. The molecule has 6 nitrogen and oxygen atoms in total. The molecule has 2 aromatic heterocycles. The van der Waals surface area contributed by atoms with E-state index in [0.29, 0.717) is 17.6 Å². The summed E-state index contributed by atoms with van der Waals surface area (Å²) >= 11 is 0. The molecule has 1 fully saturated rings. The summed E-state index contributed by atoms with van der Waals surface area (Å²) in [5.74, 6) is 2.10. The second-order valence-electron chi connectivity index (χ2n) is 5.18. The molecular weight excluding hydrogens is 230 g/mol. The lowest BCUT2D eigenvalue weighted by Gasteiger charge is -2.19. The Morgan fingerprint density at radius 3 is 2.94 bits per heavy atom. The van der Waals surface area contributed by atoms with Crippen LogP contribution in [-0.4, -0.2) is 25.9 Å². The average Bonchev–Trinajstić information content (AvgIpc) is 2.88. The van der Waals surface area contributed by atoms with Gasteiger partial charge in [-0.1, -0.05) is 13.8 Å². The maximum absolute atomic E-state index is 11.4. The van der Waals surface area contributed by atoms with Crippen LogP contribution in [0.1, 0.15) is 26.7 Å². The molecule has 3 rings (SSSR count). The highest BCUT2D eigenvalue weighted by molar-refractivity contribution is 5.43. The van der Waals surface area contributed by atoms with Gasteiger partial charge in [0.1, 0.15) is 5.82 Å². The first-order valence-electron chi connectivity index (χ1n) is 6.36. The van der Waals surface area contributed by atoms with Crippen LogP contribution in [0.25, 0.3) is 5.65 Å². The minimum absolute atomic E-state index is 0.304. The molecule has 6 heteroatoms. The third kappa shape index (κ3) is 1.77. The molecule has 0 aromatic carbocycles. The summed E-state index contributed by atoms with van der Waals surface area (Å²) in [6, 6.07) is 4.09. The summed E-state index contributed by atoms with van der Waals surface area (Å²) < 4.78 is 1.28. The van der Waals surface area contributed by atoms with Crippen LogP contribution in [0.3, 0.4) is 0 Å². The Morgan fingerprint density at radius 2 is 2.22 bits per heavy atom. The Kier molecular flexibility index (Phi) is 2.57. The van der Waals surface area contributed by atoms with Gasteiger partial charge in [0.25, 0.3) is 0 Å². The van der Waals surface area contributed by atoms with Crippen LogP contribution in [0.2, 0.25) is 0 Å². The van der Waals surface area contributed by atoms with Crippen molar-refractivity contribution < 1.29 is 0 Å². The van der Waals surface area contributed by atoms with Crippen LogP contribution >= 0.6 is 0 Å². The first-order chi connectivity index (χ1) is 8.65. The second kappa shape index (κ2) is 4.12. The summed E-state index contributed by atoms with van der Waals surface area (Å²) in [6.07, 6.45) is 2.40. The first-order valence-corrected chi connectivity index (χ1v) is 6.36. The van der Waals surface area contributed by atoms with E-state index in [1.807, 2.05) is 6.07 Å². The van der Waals surface area contributed by atoms with Crippen LogP contribution in [0.15, 0.2) is 16.9 Å². The maximum atomic E-state index is 11.4. The molecule has 1 aliphatic carbocycles. The summed E-state index contributed by atoms with van der Waals surface area (Å²) in [5.41, 5.74) is 0.236. The predicted octanol–water partition coefficient (Wildman–Crippen LogP) is 1.26. The fourth-order valence-electron chi connectivity index (χ4n) is 2.64. The van der Waals surface area contributed by atoms with Crippen molar-refractivity contribution in [3.8, 4) is 0 Å². The van der Waals surface area contributed by atoms with Crippen molar-refractivity contribution in [2.24, 2.45) is 11.8 Å². The van der Waals surface area contributed by atoms with Gasteiger partial charge in [-0.2, -0.15) is 9.61 Å². The summed E-state index contributed by atoms with van der Waals surface area (Å²) in [6.45, 7) is 4.54. The van der Waals surface area contributed by atoms with Crippen molar-refractivity contribution in [3.63, 3.8) is 0 Å². The van der Waals surface area contributed by atoms with Gasteiger partial charge in [0.15, 0.2) is 5.65 Å². The van der Waals surface area contributed by atoms with Crippen LogP contribution < -0.4 is 11.0 Å². The first kappa shape index (κ1) is 11.3. The van der Waals surface area contributed by atoms with E-state index in [0.717, 1.165) is 18.2 Å². The van der Waals surface area contributed by atoms with E-state index < -0.39 is 0 Å². The molecule has 3 atom stereocenters. The van der Waals surface area contributed by atoms with Crippen molar-refractivity contribution >= 4 is 11.5 Å². The molecule has 18 heavy (non-hydrogen) atoms. The monoisotopic (exact) mass is 247 g/mol. The van der Waals surface area contributed by atoms with Gasteiger partial charge < -0.3 is 5.32 Å². The van der Waals surface area contributed by atoms with Crippen molar-refractivity contribution in [1.29, 1.82) is 0 Å². The minimum Gasteiger partial charge on any atom is -0.366 e. The Balaban J connectivity index is 1.86. The lowest BCUT2D eigenvalue weighted by molar-refractivity contribution is 0.435. The van der Waals surface area contributed by atoms with Crippen LogP contribution in [-0.2, 0) is 0 Å². The quantitative estimate of drug-likeness (QED) is 0.838. The second-order valence-corrected chi connectivity index (χ2v) is 5.18. The van der Waals surface area contributed by atoms with Crippen molar-refractivity contribution in [3.05, 3.63) is 22.6 Å². The number of nitrogens with one attached hydrogen (secondary N) is 2. The van der Waals surface area contributed by atoms with Gasteiger partial charge in [-0.25, -0.2) is 9.89 Å². The van der Waals surface area contributed by atoms with E-state index in [1.54, 1.807) is 6.07 Å². The topological polar surface area (TPSA) is 75.1 Å². The standard InChI is InChI=1S/C12H17N5O/c1-7-3-4-9(8(7)2)13-10-5-6-11-14-15-12(18)17(11)16-10/h5-9H,3-4H2,1-2H3,(H,13,16)(H,15,18). The Morgan fingerprint density at radius 1 is 1.39 bits per heavy atom. The maximum Gasteiger partial charge on any atom is 0.364 e. The highest BCUT2D eigenvalue weighted by Crippen LogP contribution is 2.32. The summed E-state index contributed by atoms with van der Waals surface area (Å²) in [5, 5.41) is 13.9. The summed E-state index contributed by atoms with van der Waals surface area (Å²) in [4.78, 5) is 11.4. The van der Waals surface area contributed by atoms with Crippen LogP contribution in [0.5, 0.6) is 0 Å². The smallest absolute Gasteiger partial charge is 0.364 e. The van der Waals surface area contributed by atoms with Gasteiger partial charge in [-0.3, -0.25) is 0 Å². The number of aromatic nitrogens is 4. The van der Waals surface area contributed by atoms with Gasteiger partial charge in [0, 0.05) is 6.04 Å². The molecule has 1 saturated carbocycles. The predicted molar refractivity (Wildman–Crippen MR) is 68.6 cm³/mol. The third-order valence-electron chi connectivity index (χ3n) is 4.07. The normalized spacial score (nSPS) is 27.8. The highest BCUT2D eigenvalue weighted by Gasteiger charge is 2.29. The number of anilines is 1. The molecule has 0 aliphatic heterocycles. The van der Waals surface area contributed by atoms with E-state index in [9.17, 15) is 4.79 Å². The molecule has 0 radical (unpaired) electrons. The Labute approximate surface area is 104 Å². The zero-order valence-corrected chi connectivity index (χ0v) is 10.6. The van der Waals surface area contributed by atoms with E-state index in [2.05, 4.69) is 34.5 Å². The van der Waals surface area contributed by atoms with E-state index >= 15 is 0 Å². The molecular formula is C12H17N5O. The number of H-pyrrole nitrogens is 1. The third-order valence-corrected chi connectivity index (χ3v) is 4.07. The van der Waals surface area contributed by atoms with Gasteiger partial charge in [-0.15, -0.1) is 5.10 Å². The largest absolute Gasteiger partial charge is 0.366 e. The molecule has 0 spiro atoms. The molecule has 2 N–H and O–H groups in total. The molecule has 96 valence electrons. The number of aromatic amines is 1. The Hall–Kier alpha value is -1.85. The van der Waals surface area contributed by atoms with Gasteiger partial charge in [-0.05, 0) is 36.8 Å². The van der Waals surface area contributed by atoms with Gasteiger partial charge in [0.05, 0.1) is 0 Å². The zero-order valence-electron chi connectivity index (χ0n) is 10.6. The lowest BCUT2D eigenvalue weighted by atomic mass is 9.98. The van der Waals surface area contributed by atoms with Crippen LogP contribution in [0, 0.1) is 11.8 Å². The highest BCUT2D eigenvalue weighted by atomic mass is 16.2. The van der Waals surface area contributed by atoms with Gasteiger partial charge >= 0.3 is 5.69 Å². The lowest BCUT2D eigenvalue weighted by Crippen LogP contribution is -2.25. The SMILES string of the molecule is CC1CCC(Nc2ccc3n[nH]c(=O)n3n2)C1C. The fourth-order valence-corrected chi connectivity index (χ4v) is 2.64. The molecule has 1 aliphatic rings. The number of hydrogen-bond acceptors (Lipinski definition) is 4. The molecule has 2 aromatic rings.